The second kappa shape index (κ2) is 8.52. The monoisotopic (exact) mass is 412 g/mol. The summed E-state index contributed by atoms with van der Waals surface area (Å²) < 4.78 is 0. The van der Waals surface area contributed by atoms with Gasteiger partial charge in [-0.3, -0.25) is 9.69 Å². The third kappa shape index (κ3) is 4.17. The quantitative estimate of drug-likeness (QED) is 0.569. The van der Waals surface area contributed by atoms with Crippen molar-refractivity contribution in [2.45, 2.75) is 19.4 Å². The Balaban J connectivity index is 1.46. The van der Waals surface area contributed by atoms with E-state index in [-0.39, 0.29) is 11.8 Å². The van der Waals surface area contributed by atoms with Gasteiger partial charge in [-0.1, -0.05) is 65.7 Å². The van der Waals surface area contributed by atoms with Gasteiger partial charge in [-0.15, -0.1) is 0 Å². The topological polar surface area (TPSA) is 32.3 Å². The molecule has 5 heteroatoms. The molecule has 1 saturated heterocycles. The number of carbonyl (C=O) groups is 1. The first kappa shape index (κ1) is 19.3. The van der Waals surface area contributed by atoms with Crippen LogP contribution in [0.15, 0.2) is 60.7 Å². The molecule has 28 heavy (non-hydrogen) atoms. The molecule has 0 saturated carbocycles. The van der Waals surface area contributed by atoms with Crippen molar-refractivity contribution in [2.75, 3.05) is 18.4 Å². The van der Waals surface area contributed by atoms with Crippen LogP contribution in [0.1, 0.15) is 18.4 Å². The molecule has 3 aromatic rings. The van der Waals surface area contributed by atoms with Gasteiger partial charge in [0.05, 0.1) is 5.92 Å². The number of likely N-dealkylation sites (tertiary alicyclic amines) is 1. The number of anilines is 1. The zero-order valence-electron chi connectivity index (χ0n) is 15.5. The van der Waals surface area contributed by atoms with Crippen molar-refractivity contribution >= 4 is 45.6 Å². The Labute approximate surface area is 175 Å². The molecule has 1 N–H and O–H groups in total. The lowest BCUT2D eigenvalue weighted by Gasteiger charge is -2.32. The van der Waals surface area contributed by atoms with E-state index in [1.165, 1.54) is 0 Å². The number of nitrogens with zero attached hydrogens (tertiary/aromatic N) is 1. The van der Waals surface area contributed by atoms with Crippen molar-refractivity contribution < 1.29 is 4.79 Å². The first-order valence-corrected chi connectivity index (χ1v) is 10.3. The summed E-state index contributed by atoms with van der Waals surface area (Å²) in [6, 6.07) is 19.7. The average Bonchev–Trinajstić information content (AvgIpc) is 2.71. The van der Waals surface area contributed by atoms with Gasteiger partial charge in [-0.25, -0.2) is 0 Å². The Kier molecular flexibility index (Phi) is 5.86. The van der Waals surface area contributed by atoms with E-state index in [9.17, 15) is 4.79 Å². The van der Waals surface area contributed by atoms with Crippen LogP contribution in [0.5, 0.6) is 0 Å². The third-order valence-electron chi connectivity index (χ3n) is 5.37. The number of fused-ring (bicyclic) bond motifs is 1. The lowest BCUT2D eigenvalue weighted by Crippen LogP contribution is -2.40. The maximum Gasteiger partial charge on any atom is 0.228 e. The van der Waals surface area contributed by atoms with Gasteiger partial charge in [0.2, 0.25) is 5.91 Å². The fourth-order valence-electron chi connectivity index (χ4n) is 3.89. The molecule has 1 fully saturated rings. The van der Waals surface area contributed by atoms with Crippen molar-refractivity contribution in [3.8, 4) is 0 Å². The fraction of sp³-hybridized carbons (Fsp3) is 0.261. The first-order valence-electron chi connectivity index (χ1n) is 9.55. The van der Waals surface area contributed by atoms with Crippen LogP contribution in [-0.4, -0.2) is 23.9 Å². The number of halogens is 2. The second-order valence-corrected chi connectivity index (χ2v) is 8.10. The first-order chi connectivity index (χ1) is 13.6. The van der Waals surface area contributed by atoms with Gasteiger partial charge < -0.3 is 5.32 Å². The molecular formula is C23H22Cl2N2O. The summed E-state index contributed by atoms with van der Waals surface area (Å²) in [5.41, 5.74) is 1.80. The summed E-state index contributed by atoms with van der Waals surface area (Å²) in [6.45, 7) is 2.31. The summed E-state index contributed by atoms with van der Waals surface area (Å²) in [6.07, 6.45) is 1.87. The summed E-state index contributed by atoms with van der Waals surface area (Å²) in [5, 5.41) is 6.68. The number of hydrogen-bond donors (Lipinski definition) is 1. The SMILES string of the molecule is O=C(Nc1cccc2ccccc12)[C@H]1CCCN(Cc2c(Cl)cccc2Cl)C1. The number of nitrogens with one attached hydrogen (secondary N) is 1. The van der Waals surface area contributed by atoms with E-state index in [1.54, 1.807) is 0 Å². The molecule has 1 amide bonds. The van der Waals surface area contributed by atoms with Crippen LogP contribution in [0.4, 0.5) is 5.69 Å². The molecule has 0 radical (unpaired) electrons. The van der Waals surface area contributed by atoms with Gasteiger partial charge in [0, 0.05) is 39.8 Å². The number of amides is 1. The Morgan fingerprint density at radius 1 is 1.00 bits per heavy atom. The third-order valence-corrected chi connectivity index (χ3v) is 6.08. The molecule has 144 valence electrons. The number of hydrogen-bond acceptors (Lipinski definition) is 2. The summed E-state index contributed by atoms with van der Waals surface area (Å²) >= 11 is 12.6. The molecule has 4 rings (SSSR count). The molecule has 3 nitrogen and oxygen atoms in total. The zero-order chi connectivity index (χ0) is 19.5. The lowest BCUT2D eigenvalue weighted by molar-refractivity contribution is -0.121. The molecule has 1 aliphatic rings. The predicted molar refractivity (Wildman–Crippen MR) is 117 cm³/mol. The van der Waals surface area contributed by atoms with Crippen LogP contribution in [0, 0.1) is 5.92 Å². The molecule has 0 aliphatic carbocycles. The highest BCUT2D eigenvalue weighted by Gasteiger charge is 2.27. The molecule has 0 spiro atoms. The van der Waals surface area contributed by atoms with E-state index in [0.717, 1.165) is 41.4 Å². The molecule has 0 bridgehead atoms. The van der Waals surface area contributed by atoms with Crippen molar-refractivity contribution in [3.05, 3.63) is 76.3 Å². The van der Waals surface area contributed by atoms with E-state index in [1.807, 2.05) is 48.5 Å². The lowest BCUT2D eigenvalue weighted by atomic mass is 9.96. The van der Waals surface area contributed by atoms with Gasteiger partial charge in [0.15, 0.2) is 0 Å². The smallest absolute Gasteiger partial charge is 0.228 e. The highest BCUT2D eigenvalue weighted by atomic mass is 35.5. The molecule has 3 aromatic carbocycles. The number of piperidine rings is 1. The van der Waals surface area contributed by atoms with Crippen molar-refractivity contribution in [3.63, 3.8) is 0 Å². The Bertz CT molecular complexity index is 979. The Hall–Kier alpha value is -2.07. The molecule has 0 aromatic heterocycles. The molecule has 1 heterocycles. The number of carbonyl (C=O) groups excluding carboxylic acids is 1. The second-order valence-electron chi connectivity index (χ2n) is 7.29. The maximum atomic E-state index is 13.0. The minimum absolute atomic E-state index is 0.0472. The summed E-state index contributed by atoms with van der Waals surface area (Å²) in [4.78, 5) is 15.2. The van der Waals surface area contributed by atoms with Crippen LogP contribution in [-0.2, 0) is 11.3 Å². The van der Waals surface area contributed by atoms with E-state index >= 15 is 0 Å². The standard InChI is InChI=1S/C23H22Cl2N2O/c24-20-10-4-11-21(25)19(20)15-27-13-5-8-17(14-27)23(28)26-22-12-3-7-16-6-1-2-9-18(16)22/h1-4,6-7,9-12,17H,5,8,13-15H2,(H,26,28)/t17-/m0/s1. The molecule has 0 unspecified atom stereocenters. The molecule has 1 atom stereocenters. The van der Waals surface area contributed by atoms with Gasteiger partial charge in [0.25, 0.3) is 0 Å². The van der Waals surface area contributed by atoms with Crippen molar-refractivity contribution in [2.24, 2.45) is 5.92 Å². The van der Waals surface area contributed by atoms with Crippen LogP contribution in [0.3, 0.4) is 0 Å². The summed E-state index contributed by atoms with van der Waals surface area (Å²) in [7, 11) is 0. The van der Waals surface area contributed by atoms with Crippen molar-refractivity contribution in [1.82, 2.24) is 4.90 Å². The van der Waals surface area contributed by atoms with E-state index in [0.29, 0.717) is 23.1 Å². The normalized spacial score (nSPS) is 17.6. The predicted octanol–water partition coefficient (Wildman–Crippen LogP) is 6.00. The minimum atomic E-state index is -0.0472. The van der Waals surface area contributed by atoms with Crippen LogP contribution in [0.25, 0.3) is 10.8 Å². The largest absolute Gasteiger partial charge is 0.325 e. The molecule has 1 aliphatic heterocycles. The zero-order valence-corrected chi connectivity index (χ0v) is 17.0. The minimum Gasteiger partial charge on any atom is -0.325 e. The Morgan fingerprint density at radius 2 is 1.71 bits per heavy atom. The summed E-state index contributed by atoms with van der Waals surface area (Å²) in [5.74, 6) is 0.0280. The number of rotatable bonds is 4. The van der Waals surface area contributed by atoms with Gasteiger partial charge in [-0.05, 0) is 43.0 Å². The van der Waals surface area contributed by atoms with Gasteiger partial charge in [0.1, 0.15) is 0 Å². The van der Waals surface area contributed by atoms with Gasteiger partial charge in [-0.2, -0.15) is 0 Å². The highest BCUT2D eigenvalue weighted by Crippen LogP contribution is 2.29. The van der Waals surface area contributed by atoms with E-state index < -0.39 is 0 Å². The Morgan fingerprint density at radius 3 is 2.54 bits per heavy atom. The highest BCUT2D eigenvalue weighted by molar-refractivity contribution is 6.35. The average molecular weight is 413 g/mol. The van der Waals surface area contributed by atoms with Crippen LogP contribution >= 0.6 is 23.2 Å². The van der Waals surface area contributed by atoms with Gasteiger partial charge >= 0.3 is 0 Å². The molecular weight excluding hydrogens is 391 g/mol. The van der Waals surface area contributed by atoms with E-state index in [2.05, 4.69) is 22.3 Å². The fourth-order valence-corrected chi connectivity index (χ4v) is 4.41. The van der Waals surface area contributed by atoms with Crippen LogP contribution < -0.4 is 5.32 Å². The maximum absolute atomic E-state index is 13.0. The van der Waals surface area contributed by atoms with Crippen LogP contribution in [0.2, 0.25) is 10.0 Å². The van der Waals surface area contributed by atoms with E-state index in [4.69, 9.17) is 23.2 Å². The number of benzene rings is 3. The van der Waals surface area contributed by atoms with Crippen molar-refractivity contribution in [1.29, 1.82) is 0 Å².